The van der Waals surface area contributed by atoms with E-state index in [4.69, 9.17) is 30.3 Å². The lowest BCUT2D eigenvalue weighted by atomic mass is 9.84. The van der Waals surface area contributed by atoms with E-state index >= 15 is 0 Å². The van der Waals surface area contributed by atoms with Gasteiger partial charge in [-0.1, -0.05) is 17.3 Å². The van der Waals surface area contributed by atoms with Gasteiger partial charge in [0, 0.05) is 17.7 Å². The fraction of sp³-hybridized carbons (Fsp3) is 0.350. The first-order valence-corrected chi connectivity index (χ1v) is 9.60. The number of benzene rings is 1. The molecule has 0 spiro atoms. The maximum absolute atomic E-state index is 12.7. The molecular formula is C20H19ClN2O7. The van der Waals surface area contributed by atoms with Gasteiger partial charge in [0.05, 0.1) is 19.6 Å². The molecule has 1 aromatic heterocycles. The van der Waals surface area contributed by atoms with Gasteiger partial charge in [-0.05, 0) is 18.2 Å². The number of fused-ring (bicyclic) bond motifs is 2. The molecule has 0 bridgehead atoms. The molecule has 2 aliphatic rings. The number of nitrogens with zero attached hydrogens (tertiary/aromatic N) is 1. The van der Waals surface area contributed by atoms with Crippen LogP contribution in [0, 0.1) is 5.92 Å². The Kier molecular flexibility index (Phi) is 5.40. The summed E-state index contributed by atoms with van der Waals surface area (Å²) >= 11 is 6.28. The molecular weight excluding hydrogens is 416 g/mol. The lowest BCUT2D eigenvalue weighted by Crippen LogP contribution is -2.46. The van der Waals surface area contributed by atoms with E-state index in [2.05, 4.69) is 10.5 Å². The van der Waals surface area contributed by atoms with Gasteiger partial charge in [-0.2, -0.15) is 0 Å². The number of carbonyl (C=O) groups is 1. The van der Waals surface area contributed by atoms with Crippen molar-refractivity contribution in [2.45, 2.75) is 24.0 Å². The number of rotatable bonds is 4. The van der Waals surface area contributed by atoms with Crippen molar-refractivity contribution in [2.24, 2.45) is 11.1 Å². The first kappa shape index (κ1) is 20.2. The number of methoxy groups -OCH3 is 2. The van der Waals surface area contributed by atoms with Gasteiger partial charge in [-0.25, -0.2) is 4.79 Å². The minimum Gasteiger partial charge on any atom is -0.493 e. The number of alkyl halides is 1. The molecule has 4 atom stereocenters. The minimum atomic E-state index is -0.849. The van der Waals surface area contributed by atoms with Gasteiger partial charge < -0.3 is 29.2 Å². The highest BCUT2D eigenvalue weighted by atomic mass is 35.5. The summed E-state index contributed by atoms with van der Waals surface area (Å²) in [5.74, 6) is -0.256. The van der Waals surface area contributed by atoms with Crippen LogP contribution in [0.4, 0.5) is 5.69 Å². The molecule has 0 radical (unpaired) electrons. The van der Waals surface area contributed by atoms with Crippen molar-refractivity contribution in [3.05, 3.63) is 40.8 Å². The first-order chi connectivity index (χ1) is 14.4. The molecule has 4 rings (SSSR count). The Labute approximate surface area is 175 Å². The van der Waals surface area contributed by atoms with Gasteiger partial charge in [0.2, 0.25) is 5.75 Å². The number of aliphatic hydroxyl groups is 1. The quantitative estimate of drug-likeness (QED) is 0.429. The molecule has 30 heavy (non-hydrogen) atoms. The van der Waals surface area contributed by atoms with Crippen molar-refractivity contribution < 1.29 is 28.6 Å². The van der Waals surface area contributed by atoms with E-state index in [1.807, 2.05) is 0 Å². The van der Waals surface area contributed by atoms with Crippen LogP contribution in [-0.4, -0.2) is 48.5 Å². The molecule has 0 unspecified atom stereocenters. The van der Waals surface area contributed by atoms with Crippen LogP contribution >= 0.6 is 11.6 Å². The second-order valence-corrected chi connectivity index (χ2v) is 7.42. The largest absolute Gasteiger partial charge is 0.493 e. The van der Waals surface area contributed by atoms with Crippen LogP contribution in [0.15, 0.2) is 44.7 Å². The average Bonchev–Trinajstić information content (AvgIpc) is 2.75. The molecule has 1 aliphatic carbocycles. The van der Waals surface area contributed by atoms with E-state index in [1.54, 1.807) is 24.3 Å². The van der Waals surface area contributed by atoms with Crippen molar-refractivity contribution in [3.8, 4) is 11.5 Å². The predicted octanol–water partition coefficient (Wildman–Crippen LogP) is 2.05. The fourth-order valence-electron chi connectivity index (χ4n) is 3.57. The van der Waals surface area contributed by atoms with Crippen molar-refractivity contribution >= 4 is 39.9 Å². The number of halogens is 1. The van der Waals surface area contributed by atoms with Gasteiger partial charge >= 0.3 is 5.63 Å². The maximum Gasteiger partial charge on any atom is 0.360 e. The highest BCUT2D eigenvalue weighted by Gasteiger charge is 2.41. The zero-order chi connectivity index (χ0) is 21.4. The van der Waals surface area contributed by atoms with Crippen molar-refractivity contribution in [1.29, 1.82) is 0 Å². The summed E-state index contributed by atoms with van der Waals surface area (Å²) in [6, 6.07) is 4.81. The van der Waals surface area contributed by atoms with Gasteiger partial charge in [0.15, 0.2) is 17.4 Å². The summed E-state index contributed by atoms with van der Waals surface area (Å²) < 4.78 is 15.8. The van der Waals surface area contributed by atoms with E-state index in [1.165, 1.54) is 20.3 Å². The van der Waals surface area contributed by atoms with E-state index in [9.17, 15) is 14.7 Å². The van der Waals surface area contributed by atoms with Gasteiger partial charge in [0.25, 0.3) is 5.91 Å². The third kappa shape index (κ3) is 3.50. The number of allylic oxidation sites excluding steroid dienone is 1. The molecule has 1 amide bonds. The Morgan fingerprint density at radius 3 is 2.83 bits per heavy atom. The van der Waals surface area contributed by atoms with Crippen molar-refractivity contribution in [3.63, 3.8) is 0 Å². The average molecular weight is 435 g/mol. The standard InChI is InChI=1S/C20H19ClN2O7/c1-27-15-6-3-9-7-13(20(26)29-16(9)18(15)28-2)22-19(25)12-8-10-11(21)4-5-14(24)17(10)30-23-12/h3-7,10-11,14,17,24H,8H2,1-2H3,(H,22,25)/t10-,11-,14-,17-/m1/s1. The fourth-order valence-corrected chi connectivity index (χ4v) is 3.89. The topological polar surface area (TPSA) is 120 Å². The van der Waals surface area contributed by atoms with Crippen molar-refractivity contribution in [1.82, 2.24) is 0 Å². The zero-order valence-corrected chi connectivity index (χ0v) is 16.9. The van der Waals surface area contributed by atoms with Gasteiger partial charge in [-0.3, -0.25) is 4.79 Å². The molecule has 10 heteroatoms. The number of carbonyl (C=O) groups excluding carboxylic acids is 1. The number of nitrogens with one attached hydrogen (secondary N) is 1. The van der Waals surface area contributed by atoms with E-state index in [0.717, 1.165) is 0 Å². The normalized spacial score (nSPS) is 25.1. The number of hydrogen-bond acceptors (Lipinski definition) is 8. The number of ether oxygens (including phenoxy) is 2. The van der Waals surface area contributed by atoms with Crippen LogP contribution in [0.2, 0.25) is 0 Å². The van der Waals surface area contributed by atoms with Crippen molar-refractivity contribution in [2.75, 3.05) is 19.5 Å². The Morgan fingerprint density at radius 2 is 2.10 bits per heavy atom. The second-order valence-electron chi connectivity index (χ2n) is 6.92. The Bertz CT molecular complexity index is 1110. The minimum absolute atomic E-state index is 0.0597. The van der Waals surface area contributed by atoms with Crippen LogP contribution in [0.1, 0.15) is 6.42 Å². The summed E-state index contributed by atoms with van der Waals surface area (Å²) in [7, 11) is 2.91. The molecule has 1 aromatic carbocycles. The summed E-state index contributed by atoms with van der Waals surface area (Å²) in [4.78, 5) is 30.4. The molecule has 0 saturated carbocycles. The molecule has 9 nitrogen and oxygen atoms in total. The highest BCUT2D eigenvalue weighted by Crippen LogP contribution is 2.36. The molecule has 2 N–H and O–H groups in total. The molecule has 0 saturated heterocycles. The Balaban J connectivity index is 1.59. The van der Waals surface area contributed by atoms with E-state index in [0.29, 0.717) is 11.1 Å². The van der Waals surface area contributed by atoms with E-state index in [-0.39, 0.29) is 35.1 Å². The number of oxime groups is 1. The number of aliphatic hydroxyl groups excluding tert-OH is 1. The molecule has 2 heterocycles. The monoisotopic (exact) mass is 434 g/mol. The molecule has 1 aliphatic heterocycles. The number of hydrogen-bond donors (Lipinski definition) is 2. The Morgan fingerprint density at radius 1 is 1.30 bits per heavy atom. The number of amides is 1. The Hall–Kier alpha value is -3.04. The SMILES string of the molecule is COc1ccc2cc(NC(=O)C3=NO[C@@H]4[C@H](C3)[C@H](Cl)C=C[C@H]4O)c(=O)oc2c1OC. The van der Waals surface area contributed by atoms with Crippen LogP contribution in [-0.2, 0) is 9.63 Å². The third-order valence-electron chi connectivity index (χ3n) is 5.13. The second kappa shape index (κ2) is 8.00. The van der Waals surface area contributed by atoms with Crippen LogP contribution in [0.25, 0.3) is 11.0 Å². The van der Waals surface area contributed by atoms with Gasteiger partial charge in [-0.15, -0.1) is 11.6 Å². The lowest BCUT2D eigenvalue weighted by Gasteiger charge is -2.35. The smallest absolute Gasteiger partial charge is 0.360 e. The van der Waals surface area contributed by atoms with Gasteiger partial charge in [0.1, 0.15) is 17.5 Å². The maximum atomic E-state index is 12.7. The number of anilines is 1. The molecule has 2 aromatic rings. The lowest BCUT2D eigenvalue weighted by molar-refractivity contribution is -0.112. The predicted molar refractivity (Wildman–Crippen MR) is 109 cm³/mol. The van der Waals surface area contributed by atoms with E-state index < -0.39 is 29.1 Å². The first-order valence-electron chi connectivity index (χ1n) is 9.16. The highest BCUT2D eigenvalue weighted by molar-refractivity contribution is 6.43. The third-order valence-corrected chi connectivity index (χ3v) is 5.60. The van der Waals surface area contributed by atoms with Crippen LogP contribution in [0.3, 0.4) is 0 Å². The zero-order valence-electron chi connectivity index (χ0n) is 16.1. The molecule has 158 valence electrons. The van der Waals surface area contributed by atoms with Crippen LogP contribution in [0.5, 0.6) is 11.5 Å². The van der Waals surface area contributed by atoms with Crippen LogP contribution < -0.4 is 20.4 Å². The molecule has 0 fully saturated rings. The summed E-state index contributed by atoms with van der Waals surface area (Å²) in [5.41, 5.74) is -0.551. The summed E-state index contributed by atoms with van der Waals surface area (Å²) in [6.07, 6.45) is 1.93. The summed E-state index contributed by atoms with van der Waals surface area (Å²) in [6.45, 7) is 0. The summed E-state index contributed by atoms with van der Waals surface area (Å²) in [5, 5.41) is 16.4.